The molecule has 0 bridgehead atoms. The molecule has 0 atom stereocenters. The molecule has 3 nitrogen and oxygen atoms in total. The third kappa shape index (κ3) is 2.82. The Labute approximate surface area is 143 Å². The van der Waals surface area contributed by atoms with E-state index >= 15 is 0 Å². The zero-order chi connectivity index (χ0) is 17.5. The van der Waals surface area contributed by atoms with Gasteiger partial charge in [0.2, 0.25) is 0 Å². The van der Waals surface area contributed by atoms with Crippen LogP contribution in [0.2, 0.25) is 0 Å². The van der Waals surface area contributed by atoms with Gasteiger partial charge in [-0.2, -0.15) is 0 Å². The smallest absolute Gasteiger partial charge is 0.275 e. The molecule has 0 saturated heterocycles. The molecule has 0 spiro atoms. The summed E-state index contributed by atoms with van der Waals surface area (Å²) >= 11 is 0. The highest BCUT2D eigenvalue weighted by atomic mass is 16.1. The molecule has 0 saturated carbocycles. The maximum atomic E-state index is 13.1. The minimum absolute atomic E-state index is 0.0182. The lowest BCUT2D eigenvalue weighted by atomic mass is 9.85. The first-order chi connectivity index (χ1) is 11.3. The first-order valence-electron chi connectivity index (χ1n) is 8.27. The van der Waals surface area contributed by atoms with Crippen LogP contribution in [0.3, 0.4) is 0 Å². The lowest BCUT2D eigenvalue weighted by Gasteiger charge is -2.18. The number of H-pyrrole nitrogens is 1. The van der Waals surface area contributed by atoms with Gasteiger partial charge in [-0.3, -0.25) is 9.89 Å². The van der Waals surface area contributed by atoms with Gasteiger partial charge in [0.15, 0.2) is 0 Å². The molecule has 2 aromatic carbocycles. The van der Waals surface area contributed by atoms with Crippen molar-refractivity contribution in [1.29, 1.82) is 0 Å². The Morgan fingerprint density at radius 1 is 0.917 bits per heavy atom. The maximum Gasteiger partial charge on any atom is 0.275 e. The molecule has 0 radical (unpaired) electrons. The van der Waals surface area contributed by atoms with Crippen molar-refractivity contribution in [2.24, 2.45) is 0 Å². The molecule has 0 aliphatic heterocycles. The fourth-order valence-corrected chi connectivity index (χ4v) is 3.06. The predicted molar refractivity (Wildman–Crippen MR) is 100.0 cm³/mol. The molecule has 0 unspecified atom stereocenters. The fraction of sp³-hybridized carbons (Fsp3) is 0.286. The van der Waals surface area contributed by atoms with Gasteiger partial charge in [0.1, 0.15) is 0 Å². The van der Waals surface area contributed by atoms with E-state index in [2.05, 4.69) is 44.9 Å². The van der Waals surface area contributed by atoms with Crippen molar-refractivity contribution in [2.75, 3.05) is 0 Å². The van der Waals surface area contributed by atoms with Gasteiger partial charge in [0, 0.05) is 5.56 Å². The third-order valence-corrected chi connectivity index (χ3v) is 4.35. The van der Waals surface area contributed by atoms with Crippen molar-refractivity contribution >= 4 is 0 Å². The molecule has 124 valence electrons. The molecule has 0 aliphatic carbocycles. The van der Waals surface area contributed by atoms with Gasteiger partial charge in [-0.25, -0.2) is 4.68 Å². The summed E-state index contributed by atoms with van der Waals surface area (Å²) in [5.74, 6) is 0. The van der Waals surface area contributed by atoms with Gasteiger partial charge in [-0.05, 0) is 37.0 Å². The zero-order valence-corrected chi connectivity index (χ0v) is 15.0. The van der Waals surface area contributed by atoms with Crippen molar-refractivity contribution in [3.05, 3.63) is 75.6 Å². The quantitative estimate of drug-likeness (QED) is 0.727. The van der Waals surface area contributed by atoms with Crippen LogP contribution < -0.4 is 5.56 Å². The van der Waals surface area contributed by atoms with Crippen molar-refractivity contribution < 1.29 is 0 Å². The van der Waals surface area contributed by atoms with Gasteiger partial charge in [0.25, 0.3) is 5.56 Å². The van der Waals surface area contributed by atoms with Crippen LogP contribution in [-0.2, 0) is 5.41 Å². The van der Waals surface area contributed by atoms with Gasteiger partial charge in [-0.1, -0.05) is 62.7 Å². The van der Waals surface area contributed by atoms with Crippen LogP contribution in [0.4, 0.5) is 0 Å². The highest BCUT2D eigenvalue weighted by Gasteiger charge is 2.27. The van der Waals surface area contributed by atoms with Crippen molar-refractivity contribution in [3.8, 4) is 16.9 Å². The normalized spacial score (nSPS) is 11.7. The second-order valence-electron chi connectivity index (χ2n) is 7.40. The van der Waals surface area contributed by atoms with E-state index in [1.807, 2.05) is 43.3 Å². The van der Waals surface area contributed by atoms with Gasteiger partial charge >= 0.3 is 0 Å². The van der Waals surface area contributed by atoms with Crippen LogP contribution in [0.25, 0.3) is 16.9 Å². The molecule has 3 rings (SSSR count). The number of nitrogens with one attached hydrogen (secondary N) is 1. The Hall–Kier alpha value is -2.55. The summed E-state index contributed by atoms with van der Waals surface area (Å²) in [5.41, 5.74) is 5.75. The number of aromatic amines is 1. The first-order valence-corrected chi connectivity index (χ1v) is 8.27. The molecule has 24 heavy (non-hydrogen) atoms. The fourth-order valence-electron chi connectivity index (χ4n) is 3.06. The van der Waals surface area contributed by atoms with E-state index < -0.39 is 0 Å². The van der Waals surface area contributed by atoms with Crippen LogP contribution in [0.1, 0.15) is 37.5 Å². The molecule has 0 fully saturated rings. The highest BCUT2D eigenvalue weighted by Crippen LogP contribution is 2.31. The third-order valence-electron chi connectivity index (χ3n) is 4.35. The molecule has 0 aliphatic rings. The van der Waals surface area contributed by atoms with Gasteiger partial charge < -0.3 is 0 Å². The van der Waals surface area contributed by atoms with Crippen LogP contribution >= 0.6 is 0 Å². The van der Waals surface area contributed by atoms with E-state index in [1.165, 1.54) is 5.56 Å². The SMILES string of the molecule is Cc1ccc(-n2[nH]c(-c3ccccc3C)c(C(C)(C)C)c2=O)cc1. The summed E-state index contributed by atoms with van der Waals surface area (Å²) in [6.07, 6.45) is 0. The molecule has 0 amide bonds. The molecule has 1 N–H and O–H groups in total. The molecule has 3 aromatic rings. The van der Waals surface area contributed by atoms with E-state index in [9.17, 15) is 4.79 Å². The molecular weight excluding hydrogens is 296 g/mol. The number of hydrogen-bond donors (Lipinski definition) is 1. The standard InChI is InChI=1S/C21H24N2O/c1-14-10-12-16(13-11-14)23-20(24)18(21(3,4)5)19(22-23)17-9-7-6-8-15(17)2/h6-13,22H,1-5H3. The summed E-state index contributed by atoms with van der Waals surface area (Å²) in [4.78, 5) is 13.1. The van der Waals surface area contributed by atoms with Crippen molar-refractivity contribution in [2.45, 2.75) is 40.0 Å². The monoisotopic (exact) mass is 320 g/mol. The van der Waals surface area contributed by atoms with E-state index in [1.54, 1.807) is 4.68 Å². The lowest BCUT2D eigenvalue weighted by Crippen LogP contribution is -2.25. The number of nitrogens with zero attached hydrogens (tertiary/aromatic N) is 1. The van der Waals surface area contributed by atoms with Crippen LogP contribution in [0.15, 0.2) is 53.3 Å². The summed E-state index contributed by atoms with van der Waals surface area (Å²) in [7, 11) is 0. The molecular formula is C21H24N2O. The number of aromatic nitrogens is 2. The number of hydrogen-bond acceptors (Lipinski definition) is 1. The Morgan fingerprint density at radius 3 is 2.12 bits per heavy atom. The molecule has 1 heterocycles. The minimum atomic E-state index is -0.249. The summed E-state index contributed by atoms with van der Waals surface area (Å²) < 4.78 is 1.65. The molecule has 1 aromatic heterocycles. The predicted octanol–water partition coefficient (Wildman–Crippen LogP) is 4.75. The number of rotatable bonds is 2. The van der Waals surface area contributed by atoms with E-state index in [4.69, 9.17) is 0 Å². The second kappa shape index (κ2) is 5.82. The second-order valence-corrected chi connectivity index (χ2v) is 7.40. The van der Waals surface area contributed by atoms with Crippen molar-refractivity contribution in [1.82, 2.24) is 9.78 Å². The van der Waals surface area contributed by atoms with Gasteiger partial charge in [-0.15, -0.1) is 0 Å². The minimum Gasteiger partial charge on any atom is -0.290 e. The first kappa shape index (κ1) is 16.3. The topological polar surface area (TPSA) is 37.8 Å². The van der Waals surface area contributed by atoms with Crippen LogP contribution in [0.5, 0.6) is 0 Å². The van der Waals surface area contributed by atoms with E-state index in [-0.39, 0.29) is 11.0 Å². The zero-order valence-electron chi connectivity index (χ0n) is 15.0. The van der Waals surface area contributed by atoms with Gasteiger partial charge in [0.05, 0.1) is 16.9 Å². The summed E-state index contributed by atoms with van der Waals surface area (Å²) in [6.45, 7) is 10.4. The summed E-state index contributed by atoms with van der Waals surface area (Å²) in [6, 6.07) is 16.2. The average molecular weight is 320 g/mol. The van der Waals surface area contributed by atoms with Crippen molar-refractivity contribution in [3.63, 3.8) is 0 Å². The van der Waals surface area contributed by atoms with E-state index in [0.29, 0.717) is 0 Å². The Bertz CT molecular complexity index is 922. The maximum absolute atomic E-state index is 13.1. The number of benzene rings is 2. The summed E-state index contributed by atoms with van der Waals surface area (Å²) in [5, 5.41) is 3.35. The highest BCUT2D eigenvalue weighted by molar-refractivity contribution is 5.68. The van der Waals surface area contributed by atoms with Crippen LogP contribution in [0, 0.1) is 13.8 Å². The average Bonchev–Trinajstić information content (AvgIpc) is 2.86. The lowest BCUT2D eigenvalue weighted by molar-refractivity contribution is 0.586. The largest absolute Gasteiger partial charge is 0.290 e. The number of aryl methyl sites for hydroxylation is 2. The van der Waals surface area contributed by atoms with Crippen LogP contribution in [-0.4, -0.2) is 9.78 Å². The van der Waals surface area contributed by atoms with E-state index in [0.717, 1.165) is 28.1 Å². The molecule has 3 heteroatoms. The Kier molecular flexibility index (Phi) is 3.96. The Morgan fingerprint density at radius 2 is 1.54 bits per heavy atom. The Balaban J connectivity index is 2.30.